The Hall–Kier alpha value is -2.90. The predicted molar refractivity (Wildman–Crippen MR) is 123 cm³/mol. The van der Waals surface area contributed by atoms with Crippen molar-refractivity contribution in [1.29, 1.82) is 0 Å². The molecule has 2 amide bonds. The normalized spacial score (nSPS) is 17.8. The molecule has 8 heteroatoms. The number of ether oxygens (including phenoxy) is 2. The fourth-order valence-corrected chi connectivity index (χ4v) is 3.89. The number of anilines is 1. The number of hydrogen-bond acceptors (Lipinski definition) is 5. The fourth-order valence-electron chi connectivity index (χ4n) is 3.72. The maximum atomic E-state index is 12.5. The minimum atomic E-state index is -0.283. The first-order valence-electron chi connectivity index (χ1n) is 10.9. The molecule has 7 nitrogen and oxygen atoms in total. The lowest BCUT2D eigenvalue weighted by atomic mass is 10.1. The maximum absolute atomic E-state index is 12.5. The Morgan fingerprint density at radius 1 is 1.19 bits per heavy atom. The molecule has 1 saturated heterocycles. The molecule has 2 heterocycles. The van der Waals surface area contributed by atoms with Crippen LogP contribution >= 0.6 is 11.6 Å². The van der Waals surface area contributed by atoms with E-state index in [2.05, 4.69) is 10.4 Å². The second kappa shape index (κ2) is 10.6. The van der Waals surface area contributed by atoms with Gasteiger partial charge in [0.15, 0.2) is 0 Å². The molecule has 0 radical (unpaired) electrons. The van der Waals surface area contributed by atoms with Gasteiger partial charge in [-0.05, 0) is 36.6 Å². The zero-order valence-corrected chi connectivity index (χ0v) is 18.5. The summed E-state index contributed by atoms with van der Waals surface area (Å²) in [6.07, 6.45) is 2.87. The van der Waals surface area contributed by atoms with Crippen molar-refractivity contribution in [2.45, 2.75) is 38.2 Å². The van der Waals surface area contributed by atoms with Crippen molar-refractivity contribution in [3.8, 4) is 5.75 Å². The van der Waals surface area contributed by atoms with Gasteiger partial charge in [0.05, 0.1) is 24.0 Å². The minimum absolute atomic E-state index is 0.0449. The lowest BCUT2D eigenvalue weighted by Crippen LogP contribution is -2.25. The van der Waals surface area contributed by atoms with Gasteiger partial charge >= 0.3 is 0 Å². The molecule has 0 aromatic heterocycles. The third-order valence-electron chi connectivity index (χ3n) is 5.43. The highest BCUT2D eigenvalue weighted by Gasteiger charge is 2.22. The van der Waals surface area contributed by atoms with Crippen LogP contribution in [0, 0.1) is 0 Å². The third-order valence-corrected chi connectivity index (χ3v) is 5.66. The van der Waals surface area contributed by atoms with E-state index in [4.69, 9.17) is 21.1 Å². The Morgan fingerprint density at radius 3 is 2.81 bits per heavy atom. The zero-order chi connectivity index (χ0) is 22.3. The molecule has 1 atom stereocenters. The van der Waals surface area contributed by atoms with Gasteiger partial charge in [0, 0.05) is 30.9 Å². The van der Waals surface area contributed by atoms with E-state index in [0.29, 0.717) is 36.0 Å². The highest BCUT2D eigenvalue weighted by atomic mass is 35.5. The van der Waals surface area contributed by atoms with E-state index >= 15 is 0 Å². The number of benzene rings is 2. The standard InChI is InChI=1S/C24H26ClN3O4/c25-18-8-9-22(32-16-19-7-4-14-31-19)21(15-18)26-23(29)10-11-24(30)28-13-12-20(27-28)17-5-2-1-3-6-17/h1-3,5-6,8-9,15,19H,4,7,10-14,16H2,(H,26,29). The molecule has 2 aliphatic heterocycles. The van der Waals surface area contributed by atoms with Gasteiger partial charge < -0.3 is 14.8 Å². The molecule has 2 aliphatic rings. The quantitative estimate of drug-likeness (QED) is 0.645. The van der Waals surface area contributed by atoms with Crippen molar-refractivity contribution in [2.24, 2.45) is 5.10 Å². The van der Waals surface area contributed by atoms with Crippen LogP contribution in [0.3, 0.4) is 0 Å². The molecule has 1 N–H and O–H groups in total. The first-order chi connectivity index (χ1) is 15.6. The molecule has 32 heavy (non-hydrogen) atoms. The number of halogens is 1. The van der Waals surface area contributed by atoms with E-state index in [1.807, 2.05) is 30.3 Å². The van der Waals surface area contributed by atoms with Gasteiger partial charge in [0.25, 0.3) is 0 Å². The van der Waals surface area contributed by atoms with Gasteiger partial charge in [-0.15, -0.1) is 0 Å². The Labute approximate surface area is 192 Å². The van der Waals surface area contributed by atoms with E-state index in [1.165, 1.54) is 5.01 Å². The van der Waals surface area contributed by atoms with E-state index in [0.717, 1.165) is 30.7 Å². The summed E-state index contributed by atoms with van der Waals surface area (Å²) in [6, 6.07) is 14.9. The van der Waals surface area contributed by atoms with Gasteiger partial charge in [-0.2, -0.15) is 5.10 Å². The number of hydrazone groups is 1. The van der Waals surface area contributed by atoms with Crippen LogP contribution in [0.1, 0.15) is 37.7 Å². The zero-order valence-electron chi connectivity index (χ0n) is 17.8. The number of rotatable bonds is 8. The number of nitrogens with one attached hydrogen (secondary N) is 1. The van der Waals surface area contributed by atoms with Crippen molar-refractivity contribution in [2.75, 3.05) is 25.1 Å². The summed E-state index contributed by atoms with van der Waals surface area (Å²) in [5.74, 6) is 0.0716. The molecule has 1 fully saturated rings. The Bertz CT molecular complexity index is 990. The van der Waals surface area contributed by atoms with Crippen LogP contribution in [0.25, 0.3) is 0 Å². The molecule has 0 spiro atoms. The molecule has 0 aliphatic carbocycles. The summed E-state index contributed by atoms with van der Waals surface area (Å²) in [7, 11) is 0. The summed E-state index contributed by atoms with van der Waals surface area (Å²) < 4.78 is 11.4. The molecule has 0 saturated carbocycles. The summed E-state index contributed by atoms with van der Waals surface area (Å²) in [5.41, 5.74) is 2.38. The summed E-state index contributed by atoms with van der Waals surface area (Å²) in [4.78, 5) is 25.0. The lowest BCUT2D eigenvalue weighted by molar-refractivity contribution is -0.132. The average molecular weight is 456 g/mol. The minimum Gasteiger partial charge on any atom is -0.489 e. The largest absolute Gasteiger partial charge is 0.489 e. The molecule has 2 aromatic carbocycles. The molecule has 1 unspecified atom stereocenters. The Morgan fingerprint density at radius 2 is 2.03 bits per heavy atom. The fraction of sp³-hybridized carbons (Fsp3) is 0.375. The van der Waals surface area contributed by atoms with E-state index in [-0.39, 0.29) is 30.8 Å². The molecule has 168 valence electrons. The molecule has 4 rings (SSSR count). The highest BCUT2D eigenvalue weighted by Crippen LogP contribution is 2.29. The molecular weight excluding hydrogens is 430 g/mol. The van der Waals surface area contributed by atoms with Crippen LogP contribution in [-0.4, -0.2) is 48.4 Å². The van der Waals surface area contributed by atoms with Crippen molar-refractivity contribution in [1.82, 2.24) is 5.01 Å². The van der Waals surface area contributed by atoms with Crippen molar-refractivity contribution in [3.05, 3.63) is 59.1 Å². The van der Waals surface area contributed by atoms with Gasteiger partial charge in [-0.25, -0.2) is 5.01 Å². The average Bonchev–Trinajstić information content (AvgIpc) is 3.50. The summed E-state index contributed by atoms with van der Waals surface area (Å²) >= 11 is 6.10. The van der Waals surface area contributed by atoms with Gasteiger partial charge in [-0.1, -0.05) is 41.9 Å². The summed E-state index contributed by atoms with van der Waals surface area (Å²) in [5, 5.41) is 9.18. The van der Waals surface area contributed by atoms with Crippen LogP contribution < -0.4 is 10.1 Å². The number of carbonyl (C=O) groups excluding carboxylic acids is 2. The summed E-state index contributed by atoms with van der Waals surface area (Å²) in [6.45, 7) is 1.69. The van der Waals surface area contributed by atoms with Gasteiger partial charge in [0.1, 0.15) is 12.4 Å². The number of nitrogens with zero attached hydrogens (tertiary/aromatic N) is 2. The molecular formula is C24H26ClN3O4. The van der Waals surface area contributed by atoms with Crippen molar-refractivity contribution < 1.29 is 19.1 Å². The molecule has 2 aromatic rings. The third kappa shape index (κ3) is 5.87. The number of amides is 2. The number of hydrogen-bond donors (Lipinski definition) is 1. The lowest BCUT2D eigenvalue weighted by Gasteiger charge is -2.16. The van der Waals surface area contributed by atoms with Crippen molar-refractivity contribution in [3.63, 3.8) is 0 Å². The highest BCUT2D eigenvalue weighted by molar-refractivity contribution is 6.31. The van der Waals surface area contributed by atoms with Gasteiger partial charge in [-0.3, -0.25) is 9.59 Å². The number of carbonyl (C=O) groups is 2. The molecule has 0 bridgehead atoms. The van der Waals surface area contributed by atoms with Gasteiger partial charge in [0.2, 0.25) is 11.8 Å². The van der Waals surface area contributed by atoms with Crippen molar-refractivity contribution >= 4 is 34.8 Å². The van der Waals surface area contributed by atoms with Crippen LogP contribution in [0.15, 0.2) is 53.6 Å². The topological polar surface area (TPSA) is 80.2 Å². The smallest absolute Gasteiger partial charge is 0.243 e. The first kappa shape index (κ1) is 22.3. The van der Waals surface area contributed by atoms with Crippen LogP contribution in [0.2, 0.25) is 5.02 Å². The second-order valence-corrected chi connectivity index (χ2v) is 8.25. The SMILES string of the molecule is O=C(CCC(=O)N1CCC(c2ccccc2)=N1)Nc1cc(Cl)ccc1OCC1CCCO1. The van der Waals surface area contributed by atoms with Crippen LogP contribution in [0.5, 0.6) is 5.75 Å². The van der Waals surface area contributed by atoms with E-state index < -0.39 is 0 Å². The van der Waals surface area contributed by atoms with E-state index in [1.54, 1.807) is 18.2 Å². The first-order valence-corrected chi connectivity index (χ1v) is 11.2. The second-order valence-electron chi connectivity index (χ2n) is 7.81. The van der Waals surface area contributed by atoms with Crippen LogP contribution in [0.4, 0.5) is 5.69 Å². The Balaban J connectivity index is 1.29. The van der Waals surface area contributed by atoms with E-state index in [9.17, 15) is 9.59 Å². The monoisotopic (exact) mass is 455 g/mol. The predicted octanol–water partition coefficient (Wildman–Crippen LogP) is 4.25. The van der Waals surface area contributed by atoms with Crippen LogP contribution in [-0.2, 0) is 14.3 Å². The maximum Gasteiger partial charge on any atom is 0.243 e. The Kier molecular flexibility index (Phi) is 7.39.